The average molecular weight is 232 g/mol. The summed E-state index contributed by atoms with van der Waals surface area (Å²) >= 11 is 0. The first-order valence-corrected chi connectivity index (χ1v) is 7.27. The molecule has 2 fully saturated rings. The summed E-state index contributed by atoms with van der Waals surface area (Å²) in [4.78, 5) is 3.27. The molecule has 94 valence electrons. The van der Waals surface area contributed by atoms with Crippen LogP contribution in [-0.4, -0.2) is 11.0 Å². The minimum absolute atomic E-state index is 0.762. The monoisotopic (exact) mass is 232 g/mol. The van der Waals surface area contributed by atoms with Crippen molar-refractivity contribution in [2.45, 2.75) is 57.5 Å². The van der Waals surface area contributed by atoms with Crippen molar-refractivity contribution in [3.05, 3.63) is 24.0 Å². The molecule has 2 heteroatoms. The topological polar surface area (TPSA) is 27.8 Å². The van der Waals surface area contributed by atoms with Crippen molar-refractivity contribution in [3.63, 3.8) is 0 Å². The van der Waals surface area contributed by atoms with Gasteiger partial charge in [0.05, 0.1) is 0 Å². The second-order valence-electron chi connectivity index (χ2n) is 5.89. The lowest BCUT2D eigenvalue weighted by molar-refractivity contribution is 0.143. The van der Waals surface area contributed by atoms with Gasteiger partial charge in [0, 0.05) is 24.5 Å². The van der Waals surface area contributed by atoms with Crippen LogP contribution in [0.2, 0.25) is 0 Å². The third kappa shape index (κ3) is 2.74. The zero-order valence-electron chi connectivity index (χ0n) is 10.6. The third-order valence-corrected chi connectivity index (χ3v) is 4.78. The van der Waals surface area contributed by atoms with E-state index < -0.39 is 0 Å². The molecule has 0 aliphatic heterocycles. The Morgan fingerprint density at radius 2 is 2.00 bits per heavy atom. The lowest BCUT2D eigenvalue weighted by Crippen LogP contribution is -2.38. The molecule has 0 amide bonds. The van der Waals surface area contributed by atoms with Gasteiger partial charge in [-0.3, -0.25) is 0 Å². The standard InChI is InChI=1S/C15H24N2/c1-2-5-13-10-14(8-7-12(13)4-1)17-11-15-6-3-9-16-15/h3,6,9,12-14,16-17H,1-2,4-5,7-8,10-11H2. The number of aromatic amines is 1. The summed E-state index contributed by atoms with van der Waals surface area (Å²) in [6, 6.07) is 5.01. The number of hydrogen-bond acceptors (Lipinski definition) is 1. The highest BCUT2D eigenvalue weighted by Gasteiger charge is 2.31. The van der Waals surface area contributed by atoms with Crippen molar-refractivity contribution in [3.8, 4) is 0 Å². The summed E-state index contributed by atoms with van der Waals surface area (Å²) in [6.45, 7) is 1.01. The van der Waals surface area contributed by atoms with E-state index in [0.29, 0.717) is 0 Å². The molecule has 2 saturated carbocycles. The van der Waals surface area contributed by atoms with Gasteiger partial charge >= 0.3 is 0 Å². The highest BCUT2D eigenvalue weighted by molar-refractivity contribution is 5.03. The Hall–Kier alpha value is -0.760. The predicted molar refractivity (Wildman–Crippen MR) is 70.7 cm³/mol. The van der Waals surface area contributed by atoms with E-state index in [0.717, 1.165) is 24.4 Å². The molecule has 17 heavy (non-hydrogen) atoms. The zero-order valence-corrected chi connectivity index (χ0v) is 10.6. The van der Waals surface area contributed by atoms with E-state index in [9.17, 15) is 0 Å². The molecule has 3 rings (SSSR count). The van der Waals surface area contributed by atoms with E-state index in [4.69, 9.17) is 0 Å². The Bertz CT molecular complexity index is 331. The first-order valence-electron chi connectivity index (χ1n) is 7.27. The molecule has 0 bridgehead atoms. The van der Waals surface area contributed by atoms with Gasteiger partial charge in [0.15, 0.2) is 0 Å². The van der Waals surface area contributed by atoms with Crippen LogP contribution in [0.3, 0.4) is 0 Å². The molecule has 0 spiro atoms. The smallest absolute Gasteiger partial charge is 0.0359 e. The van der Waals surface area contributed by atoms with Gasteiger partial charge in [-0.05, 0) is 43.2 Å². The number of aromatic nitrogens is 1. The van der Waals surface area contributed by atoms with Crippen LogP contribution in [-0.2, 0) is 6.54 Å². The second-order valence-corrected chi connectivity index (χ2v) is 5.89. The van der Waals surface area contributed by atoms with Crippen LogP contribution in [0, 0.1) is 11.8 Å². The van der Waals surface area contributed by atoms with Crippen LogP contribution in [0.5, 0.6) is 0 Å². The minimum Gasteiger partial charge on any atom is -0.364 e. The molecule has 1 heterocycles. The van der Waals surface area contributed by atoms with Crippen LogP contribution in [0.25, 0.3) is 0 Å². The number of H-pyrrole nitrogens is 1. The fourth-order valence-electron chi connectivity index (χ4n) is 3.79. The first-order chi connectivity index (χ1) is 8.42. The van der Waals surface area contributed by atoms with Gasteiger partial charge in [0.2, 0.25) is 0 Å². The van der Waals surface area contributed by atoms with Gasteiger partial charge in [0.1, 0.15) is 0 Å². The average Bonchev–Trinajstić information content (AvgIpc) is 2.89. The van der Waals surface area contributed by atoms with Gasteiger partial charge in [-0.15, -0.1) is 0 Å². The lowest BCUT2D eigenvalue weighted by Gasteiger charge is -2.39. The molecule has 2 N–H and O–H groups in total. The Kier molecular flexibility index (Phi) is 3.51. The van der Waals surface area contributed by atoms with Crippen molar-refractivity contribution in [2.24, 2.45) is 11.8 Å². The maximum absolute atomic E-state index is 3.73. The van der Waals surface area contributed by atoms with E-state index >= 15 is 0 Å². The van der Waals surface area contributed by atoms with Crippen LogP contribution in [0.4, 0.5) is 0 Å². The van der Waals surface area contributed by atoms with Gasteiger partial charge in [0.25, 0.3) is 0 Å². The fraction of sp³-hybridized carbons (Fsp3) is 0.733. The predicted octanol–water partition coefficient (Wildman–Crippen LogP) is 3.46. The van der Waals surface area contributed by atoms with Crippen molar-refractivity contribution in [1.29, 1.82) is 0 Å². The Morgan fingerprint density at radius 1 is 1.12 bits per heavy atom. The van der Waals surface area contributed by atoms with Crippen LogP contribution in [0.15, 0.2) is 18.3 Å². The zero-order chi connectivity index (χ0) is 11.5. The van der Waals surface area contributed by atoms with Crippen LogP contribution < -0.4 is 5.32 Å². The fourth-order valence-corrected chi connectivity index (χ4v) is 3.79. The lowest BCUT2D eigenvalue weighted by atomic mass is 9.69. The van der Waals surface area contributed by atoms with Crippen molar-refractivity contribution >= 4 is 0 Å². The molecule has 0 aromatic carbocycles. The number of rotatable bonds is 3. The molecule has 2 nitrogen and oxygen atoms in total. The molecular weight excluding hydrogens is 208 g/mol. The molecule has 2 aliphatic rings. The Balaban J connectivity index is 1.48. The molecule has 1 aromatic rings. The van der Waals surface area contributed by atoms with E-state index in [2.05, 4.69) is 22.4 Å². The van der Waals surface area contributed by atoms with Crippen LogP contribution in [0.1, 0.15) is 50.6 Å². The second kappa shape index (κ2) is 5.26. The molecule has 2 aliphatic carbocycles. The van der Waals surface area contributed by atoms with Crippen molar-refractivity contribution in [2.75, 3.05) is 0 Å². The number of fused-ring (bicyclic) bond motifs is 1. The van der Waals surface area contributed by atoms with Gasteiger partial charge in [-0.2, -0.15) is 0 Å². The van der Waals surface area contributed by atoms with Crippen molar-refractivity contribution in [1.82, 2.24) is 10.3 Å². The molecule has 3 atom stereocenters. The van der Waals surface area contributed by atoms with Gasteiger partial charge in [-0.25, -0.2) is 0 Å². The maximum atomic E-state index is 3.73. The molecule has 3 unspecified atom stereocenters. The Morgan fingerprint density at radius 3 is 2.82 bits per heavy atom. The summed E-state index contributed by atoms with van der Waals surface area (Å²) in [5.41, 5.74) is 1.32. The highest BCUT2D eigenvalue weighted by atomic mass is 14.9. The Labute approximate surface area is 104 Å². The SMILES string of the molecule is c1c[nH]c(CNC2CCC3CCCCC3C2)c1. The molecule has 1 aromatic heterocycles. The van der Waals surface area contributed by atoms with E-state index in [1.54, 1.807) is 0 Å². The van der Waals surface area contributed by atoms with Crippen LogP contribution >= 0.6 is 0 Å². The maximum Gasteiger partial charge on any atom is 0.0359 e. The summed E-state index contributed by atoms with van der Waals surface area (Å²) in [7, 11) is 0. The largest absolute Gasteiger partial charge is 0.364 e. The van der Waals surface area contributed by atoms with Gasteiger partial charge in [-0.1, -0.05) is 25.7 Å². The third-order valence-electron chi connectivity index (χ3n) is 4.78. The number of nitrogens with one attached hydrogen (secondary N) is 2. The highest BCUT2D eigenvalue weighted by Crippen LogP contribution is 2.40. The number of hydrogen-bond donors (Lipinski definition) is 2. The normalized spacial score (nSPS) is 33.3. The molecular formula is C15H24N2. The van der Waals surface area contributed by atoms with Gasteiger partial charge < -0.3 is 10.3 Å². The quantitative estimate of drug-likeness (QED) is 0.820. The van der Waals surface area contributed by atoms with E-state index in [-0.39, 0.29) is 0 Å². The van der Waals surface area contributed by atoms with E-state index in [1.165, 1.54) is 50.6 Å². The first kappa shape index (κ1) is 11.3. The molecule has 0 saturated heterocycles. The summed E-state index contributed by atoms with van der Waals surface area (Å²) < 4.78 is 0. The summed E-state index contributed by atoms with van der Waals surface area (Å²) in [5, 5.41) is 3.73. The van der Waals surface area contributed by atoms with Crippen molar-refractivity contribution < 1.29 is 0 Å². The summed E-state index contributed by atoms with van der Waals surface area (Å²) in [6.07, 6.45) is 12.3. The minimum atomic E-state index is 0.762. The molecule has 0 radical (unpaired) electrons. The summed E-state index contributed by atoms with van der Waals surface area (Å²) in [5.74, 6) is 2.09. The van der Waals surface area contributed by atoms with E-state index in [1.807, 2.05) is 6.20 Å².